The first-order valence-electron chi connectivity index (χ1n) is 11.8. The third kappa shape index (κ3) is 9.42. The van der Waals surface area contributed by atoms with Crippen molar-refractivity contribution in [3.05, 3.63) is 0 Å². The van der Waals surface area contributed by atoms with Gasteiger partial charge >= 0.3 is 7.82 Å². The van der Waals surface area contributed by atoms with E-state index in [9.17, 15) is 19.6 Å². The lowest BCUT2D eigenvalue weighted by Gasteiger charge is -2.45. The van der Waals surface area contributed by atoms with Gasteiger partial charge in [-0.15, -0.1) is 23.4 Å². The van der Waals surface area contributed by atoms with Crippen LogP contribution in [-0.2, 0) is 18.6 Å². The summed E-state index contributed by atoms with van der Waals surface area (Å²) >= 11 is 7.40. The highest BCUT2D eigenvalue weighted by molar-refractivity contribution is 7.99. The molecule has 0 aromatic heterocycles. The van der Waals surface area contributed by atoms with Gasteiger partial charge in [0.05, 0.1) is 23.5 Å². The molecule has 0 aliphatic carbocycles. The largest absolute Gasteiger partial charge is 0.470 e. The number of alkyl halides is 1. The van der Waals surface area contributed by atoms with Crippen molar-refractivity contribution in [2.75, 3.05) is 12.8 Å². The van der Waals surface area contributed by atoms with Crippen LogP contribution in [0.3, 0.4) is 0 Å². The fraction of sp³-hybridized carbons (Fsp3) is 0.905. The van der Waals surface area contributed by atoms with Crippen LogP contribution < -0.4 is 10.6 Å². The number of phosphoric ester groups is 1. The standard InChI is InChI=1S/C21H37ClN3O8PS/c1-12(22)15(18-16(26)17(27)19(21(32-18)35-2)33-34(29,30)31)25-20(28)14-8-7-13(9-11-24-14)6-4-3-5-10-23/h12-19,21,24,26-27H,3-9,11H2,1-2H3,(H,25,28)(H2,29,30,31). The average molecular weight is 558 g/mol. The second-order valence-corrected chi connectivity index (χ2v) is 11.9. The Bertz CT molecular complexity index is 767. The molecule has 2 heterocycles. The number of hydrogen-bond donors (Lipinski definition) is 6. The molecule has 0 spiro atoms. The molecule has 35 heavy (non-hydrogen) atoms. The molecule has 2 fully saturated rings. The van der Waals surface area contributed by atoms with Gasteiger partial charge in [-0.05, 0) is 51.3 Å². The highest BCUT2D eigenvalue weighted by atomic mass is 35.5. The van der Waals surface area contributed by atoms with E-state index in [2.05, 4.69) is 21.2 Å². The topological polar surface area (TPSA) is 181 Å². The van der Waals surface area contributed by atoms with E-state index >= 15 is 0 Å². The molecule has 2 rings (SSSR count). The number of unbranched alkanes of at least 4 members (excludes halogenated alkanes) is 2. The number of nitrogens with one attached hydrogen (secondary N) is 2. The summed E-state index contributed by atoms with van der Waals surface area (Å²) in [6.07, 6.45) is 1.60. The Morgan fingerprint density at radius 1 is 1.31 bits per heavy atom. The Hall–Kier alpha value is -0.450. The van der Waals surface area contributed by atoms with Crippen molar-refractivity contribution in [1.82, 2.24) is 10.6 Å². The predicted octanol–water partition coefficient (Wildman–Crippen LogP) is 1.23. The molecule has 9 unspecified atom stereocenters. The lowest BCUT2D eigenvalue weighted by atomic mass is 9.92. The van der Waals surface area contributed by atoms with Crippen molar-refractivity contribution in [1.29, 1.82) is 5.26 Å². The Morgan fingerprint density at radius 2 is 2.03 bits per heavy atom. The second kappa shape index (κ2) is 14.5. The summed E-state index contributed by atoms with van der Waals surface area (Å²) in [5, 5.41) is 35.4. The van der Waals surface area contributed by atoms with Crippen molar-refractivity contribution in [2.45, 2.75) is 99.2 Å². The van der Waals surface area contributed by atoms with Crippen LogP contribution in [0.1, 0.15) is 51.9 Å². The Morgan fingerprint density at radius 3 is 2.63 bits per heavy atom. The minimum absolute atomic E-state index is 0.299. The molecule has 11 nitrogen and oxygen atoms in total. The number of rotatable bonds is 11. The average Bonchev–Trinajstić information content (AvgIpc) is 3.03. The van der Waals surface area contributed by atoms with Gasteiger partial charge in [-0.2, -0.15) is 5.26 Å². The van der Waals surface area contributed by atoms with E-state index < -0.39 is 55.1 Å². The van der Waals surface area contributed by atoms with Crippen LogP contribution in [0.4, 0.5) is 0 Å². The van der Waals surface area contributed by atoms with E-state index in [1.54, 1.807) is 13.2 Å². The summed E-state index contributed by atoms with van der Waals surface area (Å²) in [6, 6.07) is 0.819. The van der Waals surface area contributed by atoms with Crippen molar-refractivity contribution in [3.63, 3.8) is 0 Å². The molecular formula is C21H37ClN3O8PS. The van der Waals surface area contributed by atoms with Gasteiger partial charge in [0.25, 0.3) is 0 Å². The van der Waals surface area contributed by atoms with Crippen LogP contribution in [0, 0.1) is 17.2 Å². The van der Waals surface area contributed by atoms with Crippen molar-refractivity contribution in [2.24, 2.45) is 5.92 Å². The fourth-order valence-electron chi connectivity index (χ4n) is 4.60. The number of carbonyl (C=O) groups is 1. The van der Waals surface area contributed by atoms with Gasteiger partial charge in [-0.3, -0.25) is 9.32 Å². The number of hydrogen-bond acceptors (Lipinski definition) is 9. The highest BCUT2D eigenvalue weighted by Crippen LogP contribution is 2.43. The van der Waals surface area contributed by atoms with E-state index in [0.29, 0.717) is 25.3 Å². The summed E-state index contributed by atoms with van der Waals surface area (Å²) in [5.41, 5.74) is -1.02. The molecule has 9 atom stereocenters. The quantitative estimate of drug-likeness (QED) is 0.122. The van der Waals surface area contributed by atoms with E-state index in [-0.39, 0.29) is 5.91 Å². The van der Waals surface area contributed by atoms with Gasteiger partial charge in [0.15, 0.2) is 0 Å². The molecule has 202 valence electrons. The van der Waals surface area contributed by atoms with E-state index in [1.165, 1.54) is 0 Å². The normalized spacial score (nSPS) is 33.8. The number of thioether (sulfide) groups is 1. The minimum Gasteiger partial charge on any atom is -0.388 e. The lowest BCUT2D eigenvalue weighted by Crippen LogP contribution is -2.65. The molecule has 2 saturated heterocycles. The number of amides is 1. The van der Waals surface area contributed by atoms with Gasteiger partial charge < -0.3 is 35.4 Å². The summed E-state index contributed by atoms with van der Waals surface area (Å²) in [6.45, 7) is 2.30. The molecule has 0 aromatic rings. The number of aliphatic hydroxyl groups excluding tert-OH is 2. The maximum Gasteiger partial charge on any atom is 0.470 e. The fourth-order valence-corrected chi connectivity index (χ4v) is 6.17. The Labute approximate surface area is 215 Å². The van der Waals surface area contributed by atoms with Crippen molar-refractivity contribution < 1.29 is 38.6 Å². The van der Waals surface area contributed by atoms with Crippen LogP contribution in [0.2, 0.25) is 0 Å². The monoisotopic (exact) mass is 557 g/mol. The zero-order chi connectivity index (χ0) is 26.2. The third-order valence-electron chi connectivity index (χ3n) is 6.51. The zero-order valence-electron chi connectivity index (χ0n) is 20.0. The summed E-state index contributed by atoms with van der Waals surface area (Å²) < 4.78 is 21.8. The van der Waals surface area contributed by atoms with E-state index in [1.807, 2.05) is 0 Å². The smallest absolute Gasteiger partial charge is 0.388 e. The van der Waals surface area contributed by atoms with Gasteiger partial charge in [0, 0.05) is 6.42 Å². The Kier molecular flexibility index (Phi) is 12.7. The Balaban J connectivity index is 2.02. The number of aliphatic hydroxyl groups is 2. The van der Waals surface area contributed by atoms with Gasteiger partial charge in [0.2, 0.25) is 5.91 Å². The van der Waals surface area contributed by atoms with Crippen molar-refractivity contribution in [3.8, 4) is 6.07 Å². The second-order valence-electron chi connectivity index (χ2n) is 9.10. The van der Waals surface area contributed by atoms with Gasteiger partial charge in [0.1, 0.15) is 29.9 Å². The van der Waals surface area contributed by atoms with Crippen LogP contribution in [0.5, 0.6) is 0 Å². The van der Waals surface area contributed by atoms with Crippen LogP contribution in [-0.4, -0.2) is 86.0 Å². The molecule has 2 aliphatic rings. The third-order valence-corrected chi connectivity index (χ3v) is 8.14. The predicted molar refractivity (Wildman–Crippen MR) is 132 cm³/mol. The first kappa shape index (κ1) is 30.8. The highest BCUT2D eigenvalue weighted by Gasteiger charge is 2.51. The maximum atomic E-state index is 13.1. The summed E-state index contributed by atoms with van der Waals surface area (Å²) in [5.74, 6) is 0.181. The zero-order valence-corrected chi connectivity index (χ0v) is 22.4. The molecular weight excluding hydrogens is 521 g/mol. The number of halogens is 1. The van der Waals surface area contributed by atoms with Crippen molar-refractivity contribution >= 4 is 37.1 Å². The summed E-state index contributed by atoms with van der Waals surface area (Å²) in [4.78, 5) is 31.4. The van der Waals surface area contributed by atoms with E-state index in [4.69, 9.17) is 31.4 Å². The molecule has 0 radical (unpaired) electrons. The maximum absolute atomic E-state index is 13.1. The minimum atomic E-state index is -4.96. The molecule has 0 saturated carbocycles. The SMILES string of the molecule is CSC1OC(C(NC(=O)C2CCC(CCCCC#N)CCN2)C(C)Cl)C(O)C(O)C1OP(=O)(O)O. The molecule has 0 aromatic carbocycles. The molecule has 0 bridgehead atoms. The molecule has 6 N–H and O–H groups in total. The number of carbonyl (C=O) groups excluding carboxylic acids is 1. The van der Waals surface area contributed by atoms with Crippen LogP contribution in [0.25, 0.3) is 0 Å². The first-order valence-corrected chi connectivity index (χ1v) is 15.1. The summed E-state index contributed by atoms with van der Waals surface area (Å²) in [7, 11) is -4.96. The van der Waals surface area contributed by atoms with E-state index in [0.717, 1.165) is 43.9 Å². The first-order chi connectivity index (χ1) is 16.5. The van der Waals surface area contributed by atoms with Gasteiger partial charge in [-0.25, -0.2) is 4.57 Å². The number of phosphoric acid groups is 1. The molecule has 2 aliphatic heterocycles. The number of nitriles is 1. The van der Waals surface area contributed by atoms with Gasteiger partial charge in [-0.1, -0.05) is 12.8 Å². The lowest BCUT2D eigenvalue weighted by molar-refractivity contribution is -0.201. The van der Waals surface area contributed by atoms with Crippen LogP contribution >= 0.6 is 31.2 Å². The number of ether oxygens (including phenoxy) is 1. The molecule has 1 amide bonds. The molecule has 14 heteroatoms. The van der Waals surface area contributed by atoms with Crippen LogP contribution in [0.15, 0.2) is 0 Å². The number of nitrogens with zero attached hydrogens (tertiary/aromatic N) is 1.